The smallest absolute Gasteiger partial charge is 0.191 e. The maximum absolute atomic E-state index is 12.0. The summed E-state index contributed by atoms with van der Waals surface area (Å²) in [5.41, 5.74) is 5.24. The van der Waals surface area contributed by atoms with E-state index >= 15 is 0 Å². The van der Waals surface area contributed by atoms with Crippen molar-refractivity contribution in [3.05, 3.63) is 69.0 Å². The van der Waals surface area contributed by atoms with Crippen LogP contribution in [0.25, 0.3) is 0 Å². The lowest BCUT2D eigenvalue weighted by Gasteiger charge is -2.15. The monoisotopic (exact) mass is 429 g/mol. The van der Waals surface area contributed by atoms with Gasteiger partial charge in [0.05, 0.1) is 5.02 Å². The van der Waals surface area contributed by atoms with Gasteiger partial charge in [-0.15, -0.1) is 10.2 Å². The van der Waals surface area contributed by atoms with E-state index < -0.39 is 0 Å². The van der Waals surface area contributed by atoms with E-state index in [-0.39, 0.29) is 12.4 Å². The van der Waals surface area contributed by atoms with Gasteiger partial charge in [-0.05, 0) is 62.1 Å². The summed E-state index contributed by atoms with van der Waals surface area (Å²) < 4.78 is 7.69. The molecule has 0 aliphatic carbocycles. The second-order valence-corrected chi connectivity index (χ2v) is 8.36. The zero-order valence-electron chi connectivity index (χ0n) is 17.2. The molecule has 0 aliphatic heterocycles. The van der Waals surface area contributed by atoms with E-state index in [1.165, 1.54) is 11.1 Å². The van der Waals surface area contributed by atoms with Crippen LogP contribution < -0.4 is 4.74 Å². The highest BCUT2D eigenvalue weighted by molar-refractivity contribution is 7.98. The Hall–Kier alpha value is -2.31. The lowest BCUT2D eigenvalue weighted by atomic mass is 9.92. The van der Waals surface area contributed by atoms with E-state index in [0.717, 1.165) is 27.6 Å². The van der Waals surface area contributed by atoms with Crippen molar-refractivity contribution in [2.45, 2.75) is 45.2 Å². The van der Waals surface area contributed by atoms with Crippen molar-refractivity contribution in [2.24, 2.45) is 7.05 Å². The van der Waals surface area contributed by atoms with Crippen LogP contribution in [-0.4, -0.2) is 20.5 Å². The molecule has 29 heavy (non-hydrogen) atoms. The van der Waals surface area contributed by atoms with Gasteiger partial charge in [0.25, 0.3) is 0 Å². The number of carbonyl (C=O) groups excluding carboxylic acids is 1. The summed E-state index contributed by atoms with van der Waals surface area (Å²) in [6.07, 6.45) is 0. The first kappa shape index (κ1) is 21.4. The number of halogens is 1. The molecule has 5 nitrogen and oxygen atoms in total. The Bertz CT molecular complexity index is 1060. The fourth-order valence-electron chi connectivity index (χ4n) is 3.43. The minimum absolute atomic E-state index is 0.101. The molecule has 3 aromatic rings. The summed E-state index contributed by atoms with van der Waals surface area (Å²) in [7, 11) is 1.92. The van der Waals surface area contributed by atoms with Gasteiger partial charge in [0.1, 0.15) is 12.4 Å². The van der Waals surface area contributed by atoms with E-state index in [0.29, 0.717) is 16.6 Å². The zero-order chi connectivity index (χ0) is 21.1. The molecular weight excluding hydrogens is 406 g/mol. The number of hydrogen-bond donors (Lipinski definition) is 0. The van der Waals surface area contributed by atoms with E-state index in [1.807, 2.05) is 43.7 Å². The van der Waals surface area contributed by atoms with Crippen molar-refractivity contribution in [3.63, 3.8) is 0 Å². The van der Waals surface area contributed by atoms with Gasteiger partial charge in [0, 0.05) is 18.4 Å². The molecule has 1 aromatic heterocycles. The van der Waals surface area contributed by atoms with Crippen LogP contribution in [-0.2, 0) is 19.4 Å². The van der Waals surface area contributed by atoms with Gasteiger partial charge in [-0.25, -0.2) is 0 Å². The quantitative estimate of drug-likeness (QED) is 0.368. The normalized spacial score (nSPS) is 11.0. The molecule has 7 heteroatoms. The Labute approximate surface area is 180 Å². The highest BCUT2D eigenvalue weighted by Crippen LogP contribution is 2.29. The van der Waals surface area contributed by atoms with Gasteiger partial charge in [0.2, 0.25) is 0 Å². The summed E-state index contributed by atoms with van der Waals surface area (Å²) in [4.78, 5) is 12.0. The Morgan fingerprint density at radius 2 is 1.90 bits per heavy atom. The van der Waals surface area contributed by atoms with Crippen molar-refractivity contribution in [1.82, 2.24) is 14.8 Å². The first-order valence-electron chi connectivity index (χ1n) is 9.28. The lowest BCUT2D eigenvalue weighted by molar-refractivity contribution is 0.101. The number of para-hydroxylation sites is 1. The van der Waals surface area contributed by atoms with E-state index in [9.17, 15) is 4.79 Å². The second kappa shape index (κ2) is 9.01. The number of benzene rings is 2. The van der Waals surface area contributed by atoms with Crippen LogP contribution in [0, 0.1) is 20.8 Å². The highest BCUT2D eigenvalue weighted by atomic mass is 35.5. The Balaban J connectivity index is 1.74. The van der Waals surface area contributed by atoms with Crippen LogP contribution >= 0.6 is 23.4 Å². The molecule has 0 aliphatic rings. The number of ketones is 1. The molecule has 0 N–H and O–H groups in total. The Morgan fingerprint density at radius 3 is 2.59 bits per heavy atom. The third-order valence-electron chi connectivity index (χ3n) is 4.95. The topological polar surface area (TPSA) is 57.0 Å². The van der Waals surface area contributed by atoms with Crippen LogP contribution in [0.15, 0.2) is 35.5 Å². The van der Waals surface area contributed by atoms with E-state index in [4.69, 9.17) is 16.3 Å². The molecule has 2 aromatic carbocycles. The average Bonchev–Trinajstić information content (AvgIpc) is 3.00. The second-order valence-electron chi connectivity index (χ2n) is 7.01. The largest absolute Gasteiger partial charge is 0.484 e. The zero-order valence-corrected chi connectivity index (χ0v) is 18.8. The first-order chi connectivity index (χ1) is 13.8. The summed E-state index contributed by atoms with van der Waals surface area (Å²) in [6, 6.07) is 9.43. The molecule has 0 saturated heterocycles. The Morgan fingerprint density at radius 1 is 1.17 bits per heavy atom. The first-order valence-corrected chi connectivity index (χ1v) is 10.6. The molecule has 152 valence electrons. The fourth-order valence-corrected chi connectivity index (χ4v) is 4.73. The number of aryl methyl sites for hydroxylation is 2. The minimum atomic E-state index is 0.101. The maximum Gasteiger partial charge on any atom is 0.191 e. The molecule has 3 rings (SSSR count). The average molecular weight is 430 g/mol. The highest BCUT2D eigenvalue weighted by Gasteiger charge is 2.16. The number of Topliss-reactive ketones (excluding diaryl/α,β-unsaturated/α-hetero) is 1. The van der Waals surface area contributed by atoms with Crippen LogP contribution in [0.4, 0.5) is 0 Å². The minimum Gasteiger partial charge on any atom is -0.484 e. The number of carbonyl (C=O) groups is 1. The summed E-state index contributed by atoms with van der Waals surface area (Å²) in [5, 5.41) is 9.91. The van der Waals surface area contributed by atoms with Crippen molar-refractivity contribution in [2.75, 3.05) is 0 Å². The van der Waals surface area contributed by atoms with Gasteiger partial charge >= 0.3 is 0 Å². The molecule has 0 saturated carbocycles. The molecule has 0 atom stereocenters. The van der Waals surface area contributed by atoms with Gasteiger partial charge in [-0.1, -0.05) is 41.6 Å². The Kier molecular flexibility index (Phi) is 6.65. The third-order valence-corrected chi connectivity index (χ3v) is 6.31. The molecule has 0 bridgehead atoms. The van der Waals surface area contributed by atoms with Gasteiger partial charge in [-0.2, -0.15) is 0 Å². The van der Waals surface area contributed by atoms with Gasteiger partial charge in [0.15, 0.2) is 16.8 Å². The van der Waals surface area contributed by atoms with Crippen LogP contribution in [0.5, 0.6) is 5.75 Å². The van der Waals surface area contributed by atoms with Crippen molar-refractivity contribution in [1.29, 1.82) is 0 Å². The lowest BCUT2D eigenvalue weighted by Crippen LogP contribution is -2.06. The fraction of sp³-hybridized carbons (Fsp3) is 0.318. The molecule has 0 fully saturated rings. The molecule has 0 unspecified atom stereocenters. The van der Waals surface area contributed by atoms with Crippen molar-refractivity contribution >= 4 is 29.1 Å². The number of nitrogens with zero attached hydrogens (tertiary/aromatic N) is 3. The predicted molar refractivity (Wildman–Crippen MR) is 117 cm³/mol. The molecule has 1 heterocycles. The molecule has 0 amide bonds. The maximum atomic E-state index is 12.0. The SMILES string of the molecule is CC(=O)c1c(C)cc(C)c(CSc2nnc(COc3ccccc3Cl)n2C)c1C. The molecular formula is C22H24ClN3O2S. The predicted octanol–water partition coefficient (Wildman–Crippen LogP) is 5.47. The number of aromatic nitrogens is 3. The van der Waals surface area contributed by atoms with E-state index in [1.54, 1.807) is 24.8 Å². The van der Waals surface area contributed by atoms with Crippen LogP contribution in [0.1, 0.15) is 45.4 Å². The standard InChI is InChI=1S/C22H24ClN3O2S/c1-13-10-14(2)21(16(4)27)15(3)17(13)12-29-22-25-24-20(26(22)5)11-28-19-9-7-6-8-18(19)23/h6-10H,11-12H2,1-5H3. The third kappa shape index (κ3) is 4.65. The van der Waals surface area contributed by atoms with Gasteiger partial charge in [-0.3, -0.25) is 4.79 Å². The molecule has 0 spiro atoms. The van der Waals surface area contributed by atoms with Crippen LogP contribution in [0.3, 0.4) is 0 Å². The number of ether oxygens (including phenoxy) is 1. The number of hydrogen-bond acceptors (Lipinski definition) is 5. The van der Waals surface area contributed by atoms with Crippen molar-refractivity contribution in [3.8, 4) is 5.75 Å². The van der Waals surface area contributed by atoms with Gasteiger partial charge < -0.3 is 9.30 Å². The molecule has 0 radical (unpaired) electrons. The van der Waals surface area contributed by atoms with Crippen molar-refractivity contribution < 1.29 is 9.53 Å². The number of rotatable bonds is 7. The van der Waals surface area contributed by atoms with Crippen LogP contribution in [0.2, 0.25) is 5.02 Å². The summed E-state index contributed by atoms with van der Waals surface area (Å²) in [5.74, 6) is 2.16. The van der Waals surface area contributed by atoms with E-state index in [2.05, 4.69) is 23.2 Å². The number of thioether (sulfide) groups is 1. The summed E-state index contributed by atoms with van der Waals surface area (Å²) in [6.45, 7) is 7.99. The summed E-state index contributed by atoms with van der Waals surface area (Å²) >= 11 is 7.73.